The molecule has 1 heterocycles. The number of amides is 1. The summed E-state index contributed by atoms with van der Waals surface area (Å²) < 4.78 is 5.33. The molecule has 2 unspecified atom stereocenters. The van der Waals surface area contributed by atoms with E-state index in [-0.39, 0.29) is 24.7 Å². The number of nitrogens with zero attached hydrogens (tertiary/aromatic N) is 1. The highest BCUT2D eigenvalue weighted by molar-refractivity contribution is 5.85. The first kappa shape index (κ1) is 15.8. The first-order chi connectivity index (χ1) is 9.64. The second-order valence-corrected chi connectivity index (χ2v) is 7.09. The van der Waals surface area contributed by atoms with Gasteiger partial charge >= 0.3 is 12.1 Å². The van der Waals surface area contributed by atoms with Crippen LogP contribution in [0, 0.1) is 11.3 Å². The first-order valence-electron chi connectivity index (χ1n) is 7.37. The Morgan fingerprint density at radius 2 is 2.05 bits per heavy atom. The molecular formula is C15H23NO5. The molecule has 1 saturated carbocycles. The van der Waals surface area contributed by atoms with Crippen LogP contribution in [0.4, 0.5) is 4.79 Å². The van der Waals surface area contributed by atoms with Crippen LogP contribution in [0.5, 0.6) is 0 Å². The van der Waals surface area contributed by atoms with Crippen LogP contribution in [0.15, 0.2) is 0 Å². The molecule has 1 aliphatic carbocycles. The second-order valence-electron chi connectivity index (χ2n) is 7.09. The Bertz CT molecular complexity index is 467. The summed E-state index contributed by atoms with van der Waals surface area (Å²) in [5, 5.41) is 9.65. The van der Waals surface area contributed by atoms with Gasteiger partial charge in [0.15, 0.2) is 0 Å². The molecule has 1 aliphatic heterocycles. The molecule has 0 aromatic rings. The van der Waals surface area contributed by atoms with Crippen molar-refractivity contribution >= 4 is 17.8 Å². The normalized spacial score (nSPS) is 29.8. The second kappa shape index (κ2) is 5.31. The van der Waals surface area contributed by atoms with Gasteiger partial charge in [0.1, 0.15) is 11.4 Å². The summed E-state index contributed by atoms with van der Waals surface area (Å²) in [6.45, 7) is 5.93. The van der Waals surface area contributed by atoms with Gasteiger partial charge in [0.2, 0.25) is 0 Å². The number of aliphatic carboxylic acids is 1. The zero-order chi connectivity index (χ0) is 15.8. The van der Waals surface area contributed by atoms with Gasteiger partial charge < -0.3 is 14.7 Å². The Labute approximate surface area is 124 Å². The third kappa shape index (κ3) is 3.19. The number of ether oxygens (including phenoxy) is 1. The molecule has 21 heavy (non-hydrogen) atoms. The van der Waals surface area contributed by atoms with Gasteiger partial charge in [-0.15, -0.1) is 0 Å². The molecule has 0 radical (unpaired) electrons. The van der Waals surface area contributed by atoms with Crippen LogP contribution in [0.25, 0.3) is 0 Å². The molecular weight excluding hydrogens is 274 g/mol. The Morgan fingerprint density at radius 1 is 1.38 bits per heavy atom. The quantitative estimate of drug-likeness (QED) is 0.801. The number of carbonyl (C=O) groups excluding carboxylic acids is 2. The number of ketones is 1. The summed E-state index contributed by atoms with van der Waals surface area (Å²) >= 11 is 0. The summed E-state index contributed by atoms with van der Waals surface area (Å²) in [7, 11) is 0. The zero-order valence-corrected chi connectivity index (χ0v) is 12.8. The molecule has 6 heteroatoms. The fraction of sp³-hybridized carbons (Fsp3) is 0.800. The fourth-order valence-electron chi connectivity index (χ4n) is 3.29. The average Bonchev–Trinajstić information content (AvgIpc) is 2.35. The van der Waals surface area contributed by atoms with E-state index in [0.29, 0.717) is 25.8 Å². The summed E-state index contributed by atoms with van der Waals surface area (Å²) in [4.78, 5) is 37.0. The van der Waals surface area contributed by atoms with Crippen molar-refractivity contribution in [2.45, 2.75) is 52.1 Å². The van der Waals surface area contributed by atoms with Crippen LogP contribution >= 0.6 is 0 Å². The standard InChI is InChI=1S/C15H23NO5/c1-14(2,3)21-13(20)16-7-5-10-8-11(17)4-6-15(10,9-16)12(18)19/h10H,4-9H2,1-3H3,(H,18,19). The maximum atomic E-state index is 12.2. The number of hydrogen-bond acceptors (Lipinski definition) is 4. The summed E-state index contributed by atoms with van der Waals surface area (Å²) in [5.74, 6) is -0.953. The van der Waals surface area contributed by atoms with Gasteiger partial charge in [0.05, 0.1) is 5.41 Å². The molecule has 2 fully saturated rings. The van der Waals surface area contributed by atoms with Crippen LogP contribution in [0.2, 0.25) is 0 Å². The third-order valence-corrected chi connectivity index (χ3v) is 4.40. The predicted molar refractivity (Wildman–Crippen MR) is 74.8 cm³/mol. The van der Waals surface area contributed by atoms with Crippen molar-refractivity contribution in [1.82, 2.24) is 4.90 Å². The highest BCUT2D eigenvalue weighted by Crippen LogP contribution is 2.45. The number of rotatable bonds is 1. The van der Waals surface area contributed by atoms with E-state index in [9.17, 15) is 19.5 Å². The Morgan fingerprint density at radius 3 is 2.62 bits per heavy atom. The predicted octanol–water partition coefficient (Wildman–Crippen LogP) is 2.07. The third-order valence-electron chi connectivity index (χ3n) is 4.40. The largest absolute Gasteiger partial charge is 0.481 e. The molecule has 2 atom stereocenters. The SMILES string of the molecule is CC(C)(C)OC(=O)N1CCC2CC(=O)CCC2(C(=O)O)C1. The number of likely N-dealkylation sites (tertiary alicyclic amines) is 1. The van der Waals surface area contributed by atoms with Crippen molar-refractivity contribution < 1.29 is 24.2 Å². The van der Waals surface area contributed by atoms with Crippen LogP contribution in [0.1, 0.15) is 46.5 Å². The Hall–Kier alpha value is -1.59. The first-order valence-corrected chi connectivity index (χ1v) is 7.37. The van der Waals surface area contributed by atoms with Gasteiger partial charge in [-0.1, -0.05) is 0 Å². The maximum absolute atomic E-state index is 12.2. The van der Waals surface area contributed by atoms with Gasteiger partial charge in [-0.2, -0.15) is 0 Å². The minimum atomic E-state index is -0.997. The van der Waals surface area contributed by atoms with E-state index in [2.05, 4.69) is 0 Å². The van der Waals surface area contributed by atoms with E-state index in [1.165, 1.54) is 4.90 Å². The maximum Gasteiger partial charge on any atom is 0.410 e. The average molecular weight is 297 g/mol. The Balaban J connectivity index is 2.16. The minimum Gasteiger partial charge on any atom is -0.481 e. The molecule has 2 rings (SSSR count). The monoisotopic (exact) mass is 297 g/mol. The van der Waals surface area contributed by atoms with Gasteiger partial charge in [-0.3, -0.25) is 9.59 Å². The van der Waals surface area contributed by atoms with E-state index in [4.69, 9.17) is 4.74 Å². The molecule has 0 bridgehead atoms. The Kier molecular flexibility index (Phi) is 4.00. The number of carboxylic acid groups (broad SMARTS) is 1. The number of hydrogen-bond donors (Lipinski definition) is 1. The van der Waals surface area contributed by atoms with Gasteiger partial charge in [0.25, 0.3) is 0 Å². The number of Topliss-reactive ketones (excluding diaryl/α,β-unsaturated/α-hetero) is 1. The van der Waals surface area contributed by atoms with Crippen molar-refractivity contribution in [3.63, 3.8) is 0 Å². The number of carbonyl (C=O) groups is 3. The van der Waals surface area contributed by atoms with Crippen LogP contribution in [-0.4, -0.2) is 46.5 Å². The lowest BCUT2D eigenvalue weighted by atomic mass is 9.62. The molecule has 0 aromatic heterocycles. The number of fused-ring (bicyclic) bond motifs is 1. The van der Waals surface area contributed by atoms with Gasteiger partial charge in [-0.05, 0) is 39.5 Å². The van der Waals surface area contributed by atoms with E-state index in [0.717, 1.165) is 0 Å². The summed E-state index contributed by atoms with van der Waals surface area (Å²) in [5.41, 5.74) is -1.60. The minimum absolute atomic E-state index is 0.127. The van der Waals surface area contributed by atoms with Crippen molar-refractivity contribution in [3.05, 3.63) is 0 Å². The molecule has 6 nitrogen and oxygen atoms in total. The molecule has 0 aromatic carbocycles. The lowest BCUT2D eigenvalue weighted by Gasteiger charge is -2.47. The number of piperidine rings is 1. The van der Waals surface area contributed by atoms with Crippen molar-refractivity contribution in [2.75, 3.05) is 13.1 Å². The molecule has 1 N–H and O–H groups in total. The highest BCUT2D eigenvalue weighted by Gasteiger charge is 2.53. The molecule has 1 amide bonds. The molecule has 1 saturated heterocycles. The lowest BCUT2D eigenvalue weighted by Crippen LogP contribution is -2.57. The van der Waals surface area contributed by atoms with Crippen molar-refractivity contribution in [3.8, 4) is 0 Å². The van der Waals surface area contributed by atoms with Crippen LogP contribution < -0.4 is 0 Å². The zero-order valence-electron chi connectivity index (χ0n) is 12.8. The topological polar surface area (TPSA) is 83.9 Å². The number of carboxylic acids is 1. The fourth-order valence-corrected chi connectivity index (χ4v) is 3.29. The lowest BCUT2D eigenvalue weighted by molar-refractivity contribution is -0.161. The van der Waals surface area contributed by atoms with Gasteiger partial charge in [0, 0.05) is 25.9 Å². The van der Waals surface area contributed by atoms with Crippen molar-refractivity contribution in [2.24, 2.45) is 11.3 Å². The van der Waals surface area contributed by atoms with Gasteiger partial charge in [-0.25, -0.2) is 4.79 Å². The van der Waals surface area contributed by atoms with E-state index < -0.39 is 23.1 Å². The molecule has 118 valence electrons. The van der Waals surface area contributed by atoms with Crippen LogP contribution in [0.3, 0.4) is 0 Å². The summed E-state index contributed by atoms with van der Waals surface area (Å²) in [6.07, 6.45) is 0.973. The molecule has 2 aliphatic rings. The summed E-state index contributed by atoms with van der Waals surface area (Å²) in [6, 6.07) is 0. The van der Waals surface area contributed by atoms with Crippen LogP contribution in [-0.2, 0) is 14.3 Å². The highest BCUT2D eigenvalue weighted by atomic mass is 16.6. The molecule has 0 spiro atoms. The van der Waals surface area contributed by atoms with E-state index in [1.54, 1.807) is 20.8 Å². The van der Waals surface area contributed by atoms with E-state index >= 15 is 0 Å². The van der Waals surface area contributed by atoms with E-state index in [1.807, 2.05) is 0 Å². The van der Waals surface area contributed by atoms with Crippen molar-refractivity contribution in [1.29, 1.82) is 0 Å². The smallest absolute Gasteiger partial charge is 0.410 e.